The van der Waals surface area contributed by atoms with Crippen LogP contribution >= 0.6 is 0 Å². The van der Waals surface area contributed by atoms with Gasteiger partial charge in [0, 0.05) is 32.9 Å². The Labute approximate surface area is 171 Å². The van der Waals surface area contributed by atoms with Crippen LogP contribution in [0.1, 0.15) is 22.5 Å². The first-order chi connectivity index (χ1) is 14.6. The lowest BCUT2D eigenvalue weighted by atomic mass is 9.94. The number of rotatable bonds is 2. The average Bonchev–Trinajstić information content (AvgIpc) is 3.31. The number of nitrogens with one attached hydrogen (secondary N) is 2. The summed E-state index contributed by atoms with van der Waals surface area (Å²) in [5, 5.41) is 1.78. The fraction of sp³-hybridized carbons (Fsp3) is 0.0833. The molecule has 0 amide bonds. The molecule has 6 heteroatoms. The van der Waals surface area contributed by atoms with E-state index >= 15 is 0 Å². The number of carbonyl (C=O) groups is 2. The van der Waals surface area contributed by atoms with Crippen LogP contribution in [0.4, 0.5) is 0 Å². The summed E-state index contributed by atoms with van der Waals surface area (Å²) in [6.45, 7) is 0. The van der Waals surface area contributed by atoms with Crippen LogP contribution in [-0.2, 0) is 19.1 Å². The third kappa shape index (κ3) is 2.58. The van der Waals surface area contributed by atoms with Crippen molar-refractivity contribution in [1.82, 2.24) is 9.97 Å². The standard InChI is InChI=1S/C24H18N2O4/c1-29-23(27)17-11-15-13-7-3-6-10-20(13)26-22(15)18(24(28)30-2)12-16-14-8-4-5-9-19(14)25-21(16)17/h3-12,25-26H,1-2H3/b15-11?,16-12?,17-11+,18-12+,21-17?,22-18?. The molecule has 0 unspecified atom stereocenters. The van der Waals surface area contributed by atoms with Crippen molar-refractivity contribution in [2.45, 2.75) is 0 Å². The number of hydrogen-bond donors (Lipinski definition) is 2. The van der Waals surface area contributed by atoms with Crippen molar-refractivity contribution >= 4 is 57.0 Å². The van der Waals surface area contributed by atoms with E-state index in [-0.39, 0.29) is 0 Å². The SMILES string of the molecule is COC(=O)/C1=C/c2c([nH]c3ccccc23)/C(C(=O)OC)=C\c2c1[nH]c1ccccc21. The zero-order chi connectivity index (χ0) is 20.8. The molecule has 0 radical (unpaired) electrons. The Morgan fingerprint density at radius 2 is 1.07 bits per heavy atom. The first kappa shape index (κ1) is 18.0. The first-order valence-corrected chi connectivity index (χ1v) is 9.44. The Hall–Kier alpha value is -4.06. The molecule has 0 fully saturated rings. The number of para-hydroxylation sites is 2. The van der Waals surface area contributed by atoms with Crippen molar-refractivity contribution in [3.63, 3.8) is 0 Å². The average molecular weight is 398 g/mol. The maximum Gasteiger partial charge on any atom is 0.340 e. The molecule has 1 aliphatic rings. The van der Waals surface area contributed by atoms with Gasteiger partial charge in [-0.2, -0.15) is 0 Å². The van der Waals surface area contributed by atoms with Crippen molar-refractivity contribution < 1.29 is 19.1 Å². The maximum absolute atomic E-state index is 12.8. The van der Waals surface area contributed by atoms with E-state index in [1.54, 1.807) is 12.2 Å². The molecule has 0 atom stereocenters. The third-order valence-corrected chi connectivity index (χ3v) is 5.42. The Morgan fingerprint density at radius 3 is 1.47 bits per heavy atom. The Bertz CT molecular complexity index is 1290. The number of H-pyrrole nitrogens is 2. The van der Waals surface area contributed by atoms with Crippen LogP contribution in [0.3, 0.4) is 0 Å². The molecule has 6 nitrogen and oxygen atoms in total. The van der Waals surface area contributed by atoms with E-state index in [0.29, 0.717) is 22.5 Å². The molecule has 0 saturated carbocycles. The van der Waals surface area contributed by atoms with Gasteiger partial charge in [0.25, 0.3) is 0 Å². The minimum atomic E-state index is -0.464. The number of carbonyl (C=O) groups excluding carboxylic acids is 2. The van der Waals surface area contributed by atoms with E-state index in [9.17, 15) is 9.59 Å². The fourth-order valence-electron chi connectivity index (χ4n) is 4.03. The van der Waals surface area contributed by atoms with Gasteiger partial charge in [-0.05, 0) is 24.3 Å². The van der Waals surface area contributed by atoms with Crippen LogP contribution in [0.25, 0.3) is 45.1 Å². The second-order valence-electron chi connectivity index (χ2n) is 7.02. The molecule has 148 valence electrons. The van der Waals surface area contributed by atoms with E-state index in [1.165, 1.54) is 14.2 Å². The molecule has 0 bridgehead atoms. The summed E-state index contributed by atoms with van der Waals surface area (Å²) in [5.74, 6) is -0.928. The van der Waals surface area contributed by atoms with Crippen LogP contribution in [0, 0.1) is 0 Å². The first-order valence-electron chi connectivity index (χ1n) is 9.44. The van der Waals surface area contributed by atoms with Crippen molar-refractivity contribution in [2.24, 2.45) is 0 Å². The third-order valence-electron chi connectivity index (χ3n) is 5.42. The van der Waals surface area contributed by atoms with Gasteiger partial charge in [0.2, 0.25) is 0 Å². The van der Waals surface area contributed by atoms with Crippen molar-refractivity contribution in [3.05, 3.63) is 71.0 Å². The molecular weight excluding hydrogens is 380 g/mol. The van der Waals surface area contributed by atoms with Gasteiger partial charge in [-0.1, -0.05) is 36.4 Å². The largest absolute Gasteiger partial charge is 0.465 e. The minimum Gasteiger partial charge on any atom is -0.465 e. The minimum absolute atomic E-state index is 0.384. The van der Waals surface area contributed by atoms with Crippen molar-refractivity contribution in [3.8, 4) is 0 Å². The summed E-state index contributed by atoms with van der Waals surface area (Å²) < 4.78 is 10.2. The van der Waals surface area contributed by atoms with E-state index in [0.717, 1.165) is 32.9 Å². The molecule has 30 heavy (non-hydrogen) atoms. The van der Waals surface area contributed by atoms with Gasteiger partial charge in [-0.3, -0.25) is 0 Å². The lowest BCUT2D eigenvalue weighted by molar-refractivity contribution is -0.134. The molecule has 5 rings (SSSR count). The van der Waals surface area contributed by atoms with Crippen LogP contribution in [0.15, 0.2) is 48.5 Å². The summed E-state index contributed by atoms with van der Waals surface area (Å²) in [5.41, 5.74) is 5.13. The Balaban J connectivity index is 1.94. The van der Waals surface area contributed by atoms with Gasteiger partial charge in [0.05, 0.1) is 36.8 Å². The van der Waals surface area contributed by atoms with E-state index in [4.69, 9.17) is 9.47 Å². The number of aromatic amines is 2. The second-order valence-corrected chi connectivity index (χ2v) is 7.02. The summed E-state index contributed by atoms with van der Waals surface area (Å²) in [7, 11) is 2.71. The fourth-order valence-corrected chi connectivity index (χ4v) is 4.03. The number of esters is 2. The Morgan fingerprint density at radius 1 is 0.667 bits per heavy atom. The van der Waals surface area contributed by atoms with E-state index < -0.39 is 11.9 Å². The van der Waals surface area contributed by atoms with Crippen molar-refractivity contribution in [1.29, 1.82) is 0 Å². The highest BCUT2D eigenvalue weighted by Crippen LogP contribution is 2.39. The number of methoxy groups -OCH3 is 2. The van der Waals surface area contributed by atoms with E-state index in [2.05, 4.69) is 9.97 Å². The molecule has 1 aliphatic carbocycles. The lowest BCUT2D eigenvalue weighted by Crippen LogP contribution is -2.10. The summed E-state index contributed by atoms with van der Waals surface area (Å²) in [6.07, 6.45) is 3.54. The molecule has 2 aromatic heterocycles. The predicted octanol–water partition coefficient (Wildman–Crippen LogP) is 4.39. The number of benzene rings is 2. The summed E-state index contributed by atoms with van der Waals surface area (Å²) >= 11 is 0. The van der Waals surface area contributed by atoms with Gasteiger partial charge in [0.1, 0.15) is 0 Å². The molecule has 0 saturated heterocycles. The smallest absolute Gasteiger partial charge is 0.340 e. The normalized spacial score (nSPS) is 16.5. The highest BCUT2D eigenvalue weighted by molar-refractivity contribution is 6.30. The predicted molar refractivity (Wildman–Crippen MR) is 116 cm³/mol. The quantitative estimate of drug-likeness (QED) is 0.491. The van der Waals surface area contributed by atoms with Crippen LogP contribution in [0.2, 0.25) is 0 Å². The van der Waals surface area contributed by atoms with Gasteiger partial charge in [-0.15, -0.1) is 0 Å². The zero-order valence-electron chi connectivity index (χ0n) is 16.4. The van der Waals surface area contributed by atoms with Gasteiger partial charge < -0.3 is 19.4 Å². The summed E-state index contributed by atoms with van der Waals surface area (Å²) in [4.78, 5) is 32.2. The molecule has 2 aromatic carbocycles. The summed E-state index contributed by atoms with van der Waals surface area (Å²) in [6, 6.07) is 15.4. The second kappa shape index (κ2) is 6.77. The van der Waals surface area contributed by atoms with Crippen LogP contribution in [-0.4, -0.2) is 36.1 Å². The molecule has 0 aliphatic heterocycles. The molecular formula is C24H18N2O4. The van der Waals surface area contributed by atoms with Gasteiger partial charge >= 0.3 is 11.9 Å². The number of fused-ring (bicyclic) bond motifs is 6. The molecule has 2 N–H and O–H groups in total. The number of hydrogen-bond acceptors (Lipinski definition) is 4. The topological polar surface area (TPSA) is 84.2 Å². The highest BCUT2D eigenvalue weighted by atomic mass is 16.5. The number of aromatic nitrogens is 2. The molecule has 2 heterocycles. The Kier molecular flexibility index (Phi) is 4.06. The molecule has 0 spiro atoms. The molecule has 4 aromatic rings. The number of ether oxygens (including phenoxy) is 2. The van der Waals surface area contributed by atoms with Crippen molar-refractivity contribution in [2.75, 3.05) is 14.2 Å². The van der Waals surface area contributed by atoms with Crippen LogP contribution < -0.4 is 0 Å². The van der Waals surface area contributed by atoms with Gasteiger partial charge in [0.15, 0.2) is 0 Å². The monoisotopic (exact) mass is 398 g/mol. The van der Waals surface area contributed by atoms with Gasteiger partial charge in [-0.25, -0.2) is 9.59 Å². The maximum atomic E-state index is 12.8. The zero-order valence-corrected chi connectivity index (χ0v) is 16.4. The lowest BCUT2D eigenvalue weighted by Gasteiger charge is -2.12. The highest BCUT2D eigenvalue weighted by Gasteiger charge is 2.28. The van der Waals surface area contributed by atoms with E-state index in [1.807, 2.05) is 48.5 Å². The van der Waals surface area contributed by atoms with Crippen LogP contribution in [0.5, 0.6) is 0 Å².